The number of anilines is 2. The summed E-state index contributed by atoms with van der Waals surface area (Å²) in [5.41, 5.74) is 0.426. The highest BCUT2D eigenvalue weighted by Crippen LogP contribution is 2.25. The first-order chi connectivity index (χ1) is 10.0. The van der Waals surface area contributed by atoms with E-state index in [4.69, 9.17) is 0 Å². The molecule has 21 heavy (non-hydrogen) atoms. The maximum Gasteiger partial charge on any atom is 0.265 e. The number of hydrogen-bond acceptors (Lipinski definition) is 5. The number of hydrogen-bond donors (Lipinski definition) is 2. The van der Waals surface area contributed by atoms with Crippen molar-refractivity contribution in [3.05, 3.63) is 41.3 Å². The van der Waals surface area contributed by atoms with Crippen LogP contribution in [-0.2, 0) is 10.0 Å². The number of sulfonamides is 1. The minimum Gasteiger partial charge on any atom is -0.369 e. The zero-order chi connectivity index (χ0) is 15.3. The normalized spacial score (nSPS) is 11.1. The Morgan fingerprint density at radius 2 is 2.10 bits per heavy atom. The van der Waals surface area contributed by atoms with E-state index in [2.05, 4.69) is 35.9 Å². The van der Waals surface area contributed by atoms with Crippen molar-refractivity contribution >= 4 is 37.5 Å². The molecule has 0 aliphatic carbocycles. The van der Waals surface area contributed by atoms with Gasteiger partial charge in [-0.05, 0) is 40.5 Å². The summed E-state index contributed by atoms with van der Waals surface area (Å²) in [6.45, 7) is 2.65. The predicted octanol–water partition coefficient (Wildman–Crippen LogP) is 2.86. The van der Waals surface area contributed by atoms with Gasteiger partial charge in [0.1, 0.15) is 10.7 Å². The van der Waals surface area contributed by atoms with Crippen molar-refractivity contribution in [2.75, 3.05) is 16.6 Å². The van der Waals surface area contributed by atoms with Gasteiger partial charge >= 0.3 is 0 Å². The summed E-state index contributed by atoms with van der Waals surface area (Å²) in [6, 6.07) is 4.69. The van der Waals surface area contributed by atoms with Crippen molar-refractivity contribution in [1.82, 2.24) is 9.97 Å². The molecule has 0 saturated heterocycles. The van der Waals surface area contributed by atoms with Crippen LogP contribution in [0.3, 0.4) is 0 Å². The molecule has 2 N–H and O–H groups in total. The molecule has 2 aromatic heterocycles. The van der Waals surface area contributed by atoms with E-state index in [-0.39, 0.29) is 4.90 Å². The summed E-state index contributed by atoms with van der Waals surface area (Å²) in [7, 11) is -3.73. The molecule has 0 atom stereocenters. The molecule has 0 aliphatic rings. The summed E-state index contributed by atoms with van der Waals surface area (Å²) in [5.74, 6) is 0.344. The Morgan fingerprint density at radius 3 is 2.81 bits per heavy atom. The largest absolute Gasteiger partial charge is 0.369 e. The van der Waals surface area contributed by atoms with Crippen LogP contribution in [0.4, 0.5) is 11.5 Å². The molecule has 8 heteroatoms. The molecule has 0 aliphatic heterocycles. The Kier molecular flexibility index (Phi) is 5.13. The standard InChI is InChI=1S/C13H15BrN4O2S/c1-2-6-16-13-12(4-3-7-17-13)21(19,20)18-11-5-8-15-9-10(11)14/h3-5,7-9H,2,6H2,1H3,(H,15,18)(H,16,17). The Morgan fingerprint density at radius 1 is 1.29 bits per heavy atom. The highest BCUT2D eigenvalue weighted by Gasteiger charge is 2.20. The van der Waals surface area contributed by atoms with Crippen LogP contribution in [0.5, 0.6) is 0 Å². The molecule has 2 rings (SSSR count). The molecule has 0 aromatic carbocycles. The van der Waals surface area contributed by atoms with Gasteiger partial charge in [0.05, 0.1) is 10.2 Å². The van der Waals surface area contributed by atoms with Crippen LogP contribution in [-0.4, -0.2) is 24.9 Å². The maximum atomic E-state index is 12.5. The molecular weight excluding hydrogens is 356 g/mol. The lowest BCUT2D eigenvalue weighted by molar-refractivity contribution is 0.601. The molecule has 0 fully saturated rings. The van der Waals surface area contributed by atoms with Gasteiger partial charge in [-0.1, -0.05) is 6.92 Å². The van der Waals surface area contributed by atoms with Crippen LogP contribution < -0.4 is 10.0 Å². The van der Waals surface area contributed by atoms with Gasteiger partial charge < -0.3 is 5.32 Å². The van der Waals surface area contributed by atoms with Crippen molar-refractivity contribution < 1.29 is 8.42 Å². The third-order valence-electron chi connectivity index (χ3n) is 2.62. The van der Waals surface area contributed by atoms with Gasteiger partial charge in [0, 0.05) is 25.1 Å². The molecule has 2 aromatic rings. The molecule has 112 valence electrons. The quantitative estimate of drug-likeness (QED) is 0.816. The Balaban J connectivity index is 2.34. The first-order valence-electron chi connectivity index (χ1n) is 6.36. The van der Waals surface area contributed by atoms with Crippen molar-refractivity contribution in [3.63, 3.8) is 0 Å². The highest BCUT2D eigenvalue weighted by atomic mass is 79.9. The first kappa shape index (κ1) is 15.7. The molecule has 0 bridgehead atoms. The molecular formula is C13H15BrN4O2S. The van der Waals surface area contributed by atoms with Crippen LogP contribution in [0, 0.1) is 0 Å². The summed E-state index contributed by atoms with van der Waals surface area (Å²) < 4.78 is 28.1. The Labute approximate surface area is 132 Å². The minimum absolute atomic E-state index is 0.113. The highest BCUT2D eigenvalue weighted by molar-refractivity contribution is 9.10. The maximum absolute atomic E-state index is 12.5. The monoisotopic (exact) mass is 370 g/mol. The fourth-order valence-electron chi connectivity index (χ4n) is 1.64. The average molecular weight is 371 g/mol. The van der Waals surface area contributed by atoms with Gasteiger partial charge in [-0.15, -0.1) is 0 Å². The second-order valence-corrected chi connectivity index (χ2v) is 6.74. The van der Waals surface area contributed by atoms with Crippen LogP contribution in [0.25, 0.3) is 0 Å². The van der Waals surface area contributed by atoms with E-state index in [1.165, 1.54) is 18.5 Å². The molecule has 6 nitrogen and oxygen atoms in total. The number of aromatic nitrogens is 2. The van der Waals surface area contributed by atoms with Crippen LogP contribution in [0.1, 0.15) is 13.3 Å². The fourth-order valence-corrected chi connectivity index (χ4v) is 3.34. The topological polar surface area (TPSA) is 84.0 Å². The molecule has 0 amide bonds. The summed E-state index contributed by atoms with van der Waals surface area (Å²) >= 11 is 3.26. The average Bonchev–Trinajstić information content (AvgIpc) is 2.47. The molecule has 0 unspecified atom stereocenters. The number of rotatable bonds is 6. The van der Waals surface area contributed by atoms with E-state index >= 15 is 0 Å². The lowest BCUT2D eigenvalue weighted by atomic mass is 10.4. The van der Waals surface area contributed by atoms with Gasteiger partial charge in [-0.2, -0.15) is 0 Å². The second-order valence-electron chi connectivity index (χ2n) is 4.24. The lowest BCUT2D eigenvalue weighted by Crippen LogP contribution is -2.16. The summed E-state index contributed by atoms with van der Waals surface area (Å²) in [4.78, 5) is 8.10. The van der Waals surface area contributed by atoms with Gasteiger partial charge in [0.15, 0.2) is 0 Å². The van der Waals surface area contributed by atoms with Crippen LogP contribution >= 0.6 is 15.9 Å². The zero-order valence-corrected chi connectivity index (χ0v) is 13.8. The van der Waals surface area contributed by atoms with Crippen molar-refractivity contribution in [1.29, 1.82) is 0 Å². The van der Waals surface area contributed by atoms with Crippen LogP contribution in [0.2, 0.25) is 0 Å². The first-order valence-corrected chi connectivity index (χ1v) is 8.63. The molecule has 2 heterocycles. The van der Waals surface area contributed by atoms with E-state index in [1.54, 1.807) is 18.3 Å². The van der Waals surface area contributed by atoms with Crippen LogP contribution in [0.15, 0.2) is 46.2 Å². The fraction of sp³-hybridized carbons (Fsp3) is 0.231. The van der Waals surface area contributed by atoms with Crippen molar-refractivity contribution in [3.8, 4) is 0 Å². The van der Waals surface area contributed by atoms with E-state index in [0.29, 0.717) is 22.5 Å². The smallest absolute Gasteiger partial charge is 0.265 e. The van der Waals surface area contributed by atoms with Crippen molar-refractivity contribution in [2.45, 2.75) is 18.2 Å². The molecule has 0 saturated carbocycles. The Hall–Kier alpha value is -1.67. The SMILES string of the molecule is CCCNc1ncccc1S(=O)(=O)Nc1ccncc1Br. The van der Waals surface area contributed by atoms with Gasteiger partial charge in [-0.25, -0.2) is 13.4 Å². The third kappa shape index (κ3) is 3.92. The Bertz CT molecular complexity index is 722. The predicted molar refractivity (Wildman–Crippen MR) is 85.8 cm³/mol. The number of pyridine rings is 2. The van der Waals surface area contributed by atoms with E-state index in [1.807, 2.05) is 6.92 Å². The number of nitrogens with zero attached hydrogens (tertiary/aromatic N) is 2. The van der Waals surface area contributed by atoms with E-state index in [9.17, 15) is 8.42 Å². The third-order valence-corrected chi connectivity index (χ3v) is 4.65. The molecule has 0 radical (unpaired) electrons. The van der Waals surface area contributed by atoms with Gasteiger partial charge in [0.25, 0.3) is 10.0 Å². The number of nitrogens with one attached hydrogen (secondary N) is 2. The lowest BCUT2D eigenvalue weighted by Gasteiger charge is -2.13. The number of halogens is 1. The zero-order valence-electron chi connectivity index (χ0n) is 11.4. The second kappa shape index (κ2) is 6.86. The minimum atomic E-state index is -3.73. The summed E-state index contributed by atoms with van der Waals surface area (Å²) in [5, 5.41) is 3.02. The van der Waals surface area contributed by atoms with E-state index in [0.717, 1.165) is 6.42 Å². The molecule has 0 spiro atoms. The van der Waals surface area contributed by atoms with Gasteiger partial charge in [-0.3, -0.25) is 9.71 Å². The summed E-state index contributed by atoms with van der Waals surface area (Å²) in [6.07, 6.45) is 5.47. The van der Waals surface area contributed by atoms with E-state index < -0.39 is 10.0 Å². The van der Waals surface area contributed by atoms with Gasteiger partial charge in [0.2, 0.25) is 0 Å². The van der Waals surface area contributed by atoms with Crippen molar-refractivity contribution in [2.24, 2.45) is 0 Å².